The van der Waals surface area contributed by atoms with Crippen LogP contribution in [0.3, 0.4) is 0 Å². The van der Waals surface area contributed by atoms with Gasteiger partial charge in [-0.15, -0.1) is 0 Å². The van der Waals surface area contributed by atoms with E-state index < -0.39 is 22.3 Å². The fourth-order valence-corrected chi connectivity index (χ4v) is 1.39. The second kappa shape index (κ2) is 3.75. The first-order valence-corrected chi connectivity index (χ1v) is 4.38. The molecule has 0 unspecified atom stereocenters. The van der Waals surface area contributed by atoms with Crippen LogP contribution in [0.1, 0.15) is 5.56 Å². The van der Waals surface area contributed by atoms with Gasteiger partial charge in [-0.25, -0.2) is 9.37 Å². The predicted molar refractivity (Wildman–Crippen MR) is 53.0 cm³/mol. The lowest BCUT2D eigenvalue weighted by Crippen LogP contribution is -1.97. The van der Waals surface area contributed by atoms with Crippen molar-refractivity contribution in [1.82, 2.24) is 4.98 Å². The van der Waals surface area contributed by atoms with Gasteiger partial charge in [0.05, 0.1) is 10.4 Å². The zero-order chi connectivity index (χ0) is 12.6. The van der Waals surface area contributed by atoms with Crippen LogP contribution in [0.5, 0.6) is 0 Å². The Hall–Kier alpha value is -2.62. The number of aromatic nitrogens is 1. The van der Waals surface area contributed by atoms with Gasteiger partial charge >= 0.3 is 0 Å². The van der Waals surface area contributed by atoms with E-state index in [1.54, 1.807) is 0 Å². The van der Waals surface area contributed by atoms with E-state index >= 15 is 0 Å². The molecule has 7 heteroatoms. The maximum atomic E-state index is 13.6. The number of non-ortho nitro benzene ring substituents is 1. The first-order valence-electron chi connectivity index (χ1n) is 4.38. The van der Waals surface area contributed by atoms with Gasteiger partial charge in [0, 0.05) is 17.5 Å². The summed E-state index contributed by atoms with van der Waals surface area (Å²) < 4.78 is 26.8. The summed E-state index contributed by atoms with van der Waals surface area (Å²) in [6.45, 7) is 0. The SMILES string of the molecule is N#Cc1c(F)nc2ccc([N+](=O)[O-])cc2c1F. The second-order valence-electron chi connectivity index (χ2n) is 3.16. The number of nitrogens with zero attached hydrogens (tertiary/aromatic N) is 3. The van der Waals surface area contributed by atoms with E-state index in [0.717, 1.165) is 18.2 Å². The molecule has 5 nitrogen and oxygen atoms in total. The summed E-state index contributed by atoms with van der Waals surface area (Å²) in [5.74, 6) is -2.37. The monoisotopic (exact) mass is 235 g/mol. The lowest BCUT2D eigenvalue weighted by atomic mass is 10.1. The Morgan fingerprint density at radius 1 is 1.41 bits per heavy atom. The molecular weight excluding hydrogens is 232 g/mol. The van der Waals surface area contributed by atoms with Gasteiger partial charge in [0.25, 0.3) is 5.69 Å². The molecule has 0 fully saturated rings. The lowest BCUT2D eigenvalue weighted by Gasteiger charge is -2.01. The molecule has 0 radical (unpaired) electrons. The Morgan fingerprint density at radius 2 is 2.12 bits per heavy atom. The van der Waals surface area contributed by atoms with Crippen LogP contribution in [0.15, 0.2) is 18.2 Å². The van der Waals surface area contributed by atoms with Crippen LogP contribution >= 0.6 is 0 Å². The molecule has 0 saturated heterocycles. The molecule has 17 heavy (non-hydrogen) atoms. The first kappa shape index (κ1) is 10.9. The fraction of sp³-hybridized carbons (Fsp3) is 0. The van der Waals surface area contributed by atoms with Gasteiger partial charge in [-0.3, -0.25) is 10.1 Å². The van der Waals surface area contributed by atoms with Gasteiger partial charge in [-0.05, 0) is 6.07 Å². The third-order valence-electron chi connectivity index (χ3n) is 2.18. The van der Waals surface area contributed by atoms with Crippen molar-refractivity contribution in [3.8, 4) is 6.07 Å². The number of hydrogen-bond acceptors (Lipinski definition) is 4. The standard InChI is InChI=1S/C10H3F2N3O2/c11-9-6-3-5(15(16)17)1-2-8(6)14-10(12)7(9)4-13/h1-3H. The molecular formula is C10H3F2N3O2. The van der Waals surface area contributed by atoms with Crippen LogP contribution in [-0.4, -0.2) is 9.91 Å². The maximum Gasteiger partial charge on any atom is 0.270 e. The van der Waals surface area contributed by atoms with Crippen molar-refractivity contribution >= 4 is 16.6 Å². The molecule has 84 valence electrons. The van der Waals surface area contributed by atoms with E-state index in [1.165, 1.54) is 6.07 Å². The summed E-state index contributed by atoms with van der Waals surface area (Å²) in [5.41, 5.74) is -1.28. The van der Waals surface area contributed by atoms with E-state index in [9.17, 15) is 18.9 Å². The minimum Gasteiger partial charge on any atom is -0.258 e. The van der Waals surface area contributed by atoms with Crippen LogP contribution in [0.2, 0.25) is 0 Å². The Labute approximate surface area is 93.1 Å². The summed E-state index contributed by atoms with van der Waals surface area (Å²) in [6, 6.07) is 4.45. The van der Waals surface area contributed by atoms with Gasteiger partial charge in [0.2, 0.25) is 5.95 Å². The van der Waals surface area contributed by atoms with Crippen molar-refractivity contribution in [2.45, 2.75) is 0 Å². The minimum atomic E-state index is -1.23. The van der Waals surface area contributed by atoms with Crippen LogP contribution in [0.25, 0.3) is 10.9 Å². The lowest BCUT2D eigenvalue weighted by molar-refractivity contribution is -0.384. The highest BCUT2D eigenvalue weighted by atomic mass is 19.1. The van der Waals surface area contributed by atoms with Crippen molar-refractivity contribution in [2.24, 2.45) is 0 Å². The highest BCUT2D eigenvalue weighted by molar-refractivity contribution is 5.82. The molecule has 0 aliphatic carbocycles. The molecule has 0 bridgehead atoms. The van der Waals surface area contributed by atoms with Gasteiger partial charge < -0.3 is 0 Å². The number of pyridine rings is 1. The predicted octanol–water partition coefficient (Wildman–Crippen LogP) is 2.29. The van der Waals surface area contributed by atoms with E-state index in [4.69, 9.17) is 5.26 Å². The largest absolute Gasteiger partial charge is 0.270 e. The number of hydrogen-bond donors (Lipinski definition) is 0. The quantitative estimate of drug-likeness (QED) is 0.431. The third-order valence-corrected chi connectivity index (χ3v) is 2.18. The number of benzene rings is 1. The fourth-order valence-electron chi connectivity index (χ4n) is 1.39. The number of nitriles is 1. The first-order chi connectivity index (χ1) is 8.04. The van der Waals surface area contributed by atoms with Gasteiger partial charge in [0.15, 0.2) is 5.82 Å². The van der Waals surface area contributed by atoms with Crippen LogP contribution in [0, 0.1) is 33.2 Å². The van der Waals surface area contributed by atoms with E-state index in [0.29, 0.717) is 0 Å². The molecule has 0 spiro atoms. The highest BCUT2D eigenvalue weighted by Gasteiger charge is 2.17. The minimum absolute atomic E-state index is 0.0791. The summed E-state index contributed by atoms with van der Waals surface area (Å²) in [4.78, 5) is 13.1. The molecule has 0 atom stereocenters. The summed E-state index contributed by atoms with van der Waals surface area (Å²) in [6.07, 6.45) is 0. The van der Waals surface area contributed by atoms with Gasteiger partial charge in [0.1, 0.15) is 11.6 Å². The molecule has 2 rings (SSSR count). The van der Waals surface area contributed by atoms with E-state index in [1.807, 2.05) is 0 Å². The Bertz CT molecular complexity index is 679. The number of halogens is 2. The number of rotatable bonds is 1. The molecule has 1 heterocycles. The van der Waals surface area contributed by atoms with Crippen LogP contribution in [-0.2, 0) is 0 Å². The van der Waals surface area contributed by atoms with Crippen molar-refractivity contribution in [1.29, 1.82) is 5.26 Å². The average molecular weight is 235 g/mol. The Balaban J connectivity index is 2.86. The number of nitro groups is 1. The van der Waals surface area contributed by atoms with Crippen molar-refractivity contribution < 1.29 is 13.7 Å². The summed E-state index contributed by atoms with van der Waals surface area (Å²) in [5, 5.41) is 18.8. The second-order valence-corrected chi connectivity index (χ2v) is 3.16. The molecule has 0 saturated carbocycles. The molecule has 0 amide bonds. The third kappa shape index (κ3) is 1.65. The summed E-state index contributed by atoms with van der Waals surface area (Å²) >= 11 is 0. The Kier molecular flexibility index (Phi) is 2.40. The Morgan fingerprint density at radius 3 is 2.71 bits per heavy atom. The smallest absolute Gasteiger partial charge is 0.258 e. The van der Waals surface area contributed by atoms with Gasteiger partial charge in [-0.2, -0.15) is 9.65 Å². The zero-order valence-electron chi connectivity index (χ0n) is 8.15. The molecule has 0 N–H and O–H groups in total. The van der Waals surface area contributed by atoms with E-state index in [-0.39, 0.29) is 16.6 Å². The average Bonchev–Trinajstić information content (AvgIpc) is 2.29. The zero-order valence-corrected chi connectivity index (χ0v) is 8.15. The van der Waals surface area contributed by atoms with Gasteiger partial charge in [-0.1, -0.05) is 0 Å². The molecule has 0 aliphatic heterocycles. The van der Waals surface area contributed by atoms with E-state index in [2.05, 4.69) is 4.98 Å². The van der Waals surface area contributed by atoms with Crippen molar-refractivity contribution in [3.05, 3.63) is 45.6 Å². The van der Waals surface area contributed by atoms with Crippen molar-refractivity contribution in [2.75, 3.05) is 0 Å². The van der Waals surface area contributed by atoms with Crippen LogP contribution < -0.4 is 0 Å². The van der Waals surface area contributed by atoms with Crippen LogP contribution in [0.4, 0.5) is 14.5 Å². The molecule has 1 aromatic carbocycles. The summed E-state index contributed by atoms with van der Waals surface area (Å²) in [7, 11) is 0. The molecule has 2 aromatic rings. The van der Waals surface area contributed by atoms with Crippen molar-refractivity contribution in [3.63, 3.8) is 0 Å². The number of fused-ring (bicyclic) bond motifs is 1. The topological polar surface area (TPSA) is 79.8 Å². The molecule has 1 aromatic heterocycles. The molecule has 0 aliphatic rings. The normalized spacial score (nSPS) is 10.2. The highest BCUT2D eigenvalue weighted by Crippen LogP contribution is 2.24. The number of nitro benzene ring substituents is 1. The maximum absolute atomic E-state index is 13.6.